The minimum absolute atomic E-state index is 0.207. The molecule has 1 rings (SSSR count). The second-order valence-electron chi connectivity index (χ2n) is 3.44. The van der Waals surface area contributed by atoms with Gasteiger partial charge >= 0.3 is 0 Å². The highest BCUT2D eigenvalue weighted by Crippen LogP contribution is 2.22. The molecular weight excluding hydrogens is 304 g/mol. The number of hydrogen-bond acceptors (Lipinski definition) is 3. The first-order valence-electron chi connectivity index (χ1n) is 5.13. The maximum atomic E-state index is 11.9. The van der Waals surface area contributed by atoms with Crippen LogP contribution < -0.4 is 10.5 Å². The molecule has 0 fully saturated rings. The first-order chi connectivity index (χ1) is 7.97. The predicted octanol–water partition coefficient (Wildman–Crippen LogP) is 2.28. The highest BCUT2D eigenvalue weighted by atomic mass is 79.9. The summed E-state index contributed by atoms with van der Waals surface area (Å²) < 4.78 is 26.8. The van der Waals surface area contributed by atoms with Gasteiger partial charge in [-0.3, -0.25) is 0 Å². The van der Waals surface area contributed by atoms with Crippen molar-refractivity contribution in [1.29, 1.82) is 0 Å². The monoisotopic (exact) mass is 318 g/mol. The molecule has 0 unspecified atom stereocenters. The molecule has 6 heteroatoms. The van der Waals surface area contributed by atoms with Crippen LogP contribution in [0.25, 0.3) is 0 Å². The molecule has 0 aliphatic rings. The van der Waals surface area contributed by atoms with Gasteiger partial charge in [0.25, 0.3) is 0 Å². The molecule has 94 valence electrons. The summed E-state index contributed by atoms with van der Waals surface area (Å²) in [5, 5.41) is 0. The minimum atomic E-state index is -3.45. The molecule has 3 N–H and O–H groups in total. The number of benzene rings is 1. The van der Waals surface area contributed by atoms with Gasteiger partial charge in [0.1, 0.15) is 0 Å². The minimum Gasteiger partial charge on any atom is -0.398 e. The quantitative estimate of drug-likeness (QED) is 0.497. The molecule has 0 saturated heterocycles. The van der Waals surface area contributed by atoms with Crippen LogP contribution in [0.5, 0.6) is 0 Å². The van der Waals surface area contributed by atoms with Gasteiger partial charge in [0.2, 0.25) is 10.0 Å². The fourth-order valence-electron chi connectivity index (χ4n) is 1.20. The maximum absolute atomic E-state index is 11.9. The summed E-state index contributed by atoms with van der Waals surface area (Å²) in [5.74, 6) is 0. The second-order valence-corrected chi connectivity index (χ2v) is 6.06. The number of nitrogen functional groups attached to an aromatic ring is 1. The van der Waals surface area contributed by atoms with Crippen LogP contribution in [0.2, 0.25) is 0 Å². The van der Waals surface area contributed by atoms with Crippen LogP contribution in [0.3, 0.4) is 0 Å². The lowest BCUT2D eigenvalue weighted by atomic mass is 10.3. The van der Waals surface area contributed by atoms with Crippen LogP contribution in [0.1, 0.15) is 13.3 Å². The van der Waals surface area contributed by atoms with Crippen molar-refractivity contribution in [3.8, 4) is 0 Å². The van der Waals surface area contributed by atoms with E-state index in [0.29, 0.717) is 23.1 Å². The van der Waals surface area contributed by atoms with E-state index < -0.39 is 10.0 Å². The van der Waals surface area contributed by atoms with Crippen LogP contribution in [0.15, 0.2) is 39.7 Å². The zero-order valence-electron chi connectivity index (χ0n) is 9.48. The first-order valence-corrected chi connectivity index (χ1v) is 7.41. The van der Waals surface area contributed by atoms with Gasteiger partial charge in [0, 0.05) is 16.7 Å². The Morgan fingerprint density at radius 1 is 1.47 bits per heavy atom. The normalized spacial score (nSPS) is 12.1. The summed E-state index contributed by atoms with van der Waals surface area (Å²) >= 11 is 3.20. The summed E-state index contributed by atoms with van der Waals surface area (Å²) in [7, 11) is -3.45. The van der Waals surface area contributed by atoms with Crippen molar-refractivity contribution in [2.45, 2.75) is 18.2 Å². The fraction of sp³-hybridized carbons (Fsp3) is 0.273. The van der Waals surface area contributed by atoms with Crippen molar-refractivity contribution >= 4 is 31.6 Å². The Morgan fingerprint density at radius 3 is 2.76 bits per heavy atom. The van der Waals surface area contributed by atoms with Gasteiger partial charge in [-0.1, -0.05) is 12.2 Å². The van der Waals surface area contributed by atoms with Gasteiger partial charge in [-0.05, 0) is 47.5 Å². The number of halogens is 1. The largest absolute Gasteiger partial charge is 0.398 e. The standard InChI is InChI=1S/C11H15BrN2O2S/c1-2-3-4-7-14-17(15,16)9-5-6-11(13)10(12)8-9/h2-3,5-6,8,14H,4,7,13H2,1H3/b3-2+. The summed E-state index contributed by atoms with van der Waals surface area (Å²) in [6, 6.07) is 4.54. The van der Waals surface area contributed by atoms with E-state index in [9.17, 15) is 8.42 Å². The van der Waals surface area contributed by atoms with Crippen molar-refractivity contribution in [2.75, 3.05) is 12.3 Å². The van der Waals surface area contributed by atoms with Crippen LogP contribution in [0, 0.1) is 0 Å². The van der Waals surface area contributed by atoms with Crippen LogP contribution in [-0.4, -0.2) is 15.0 Å². The van der Waals surface area contributed by atoms with Gasteiger partial charge in [0.15, 0.2) is 0 Å². The molecule has 0 atom stereocenters. The Morgan fingerprint density at radius 2 is 2.18 bits per heavy atom. The fourth-order valence-corrected chi connectivity index (χ4v) is 2.81. The maximum Gasteiger partial charge on any atom is 0.240 e. The number of rotatable bonds is 5. The third-order valence-electron chi connectivity index (χ3n) is 2.12. The number of anilines is 1. The first kappa shape index (κ1) is 14.2. The molecular formula is C11H15BrN2O2S. The predicted molar refractivity (Wildman–Crippen MR) is 73.2 cm³/mol. The molecule has 1 aromatic carbocycles. The topological polar surface area (TPSA) is 72.2 Å². The summed E-state index contributed by atoms with van der Waals surface area (Å²) in [4.78, 5) is 0.207. The Kier molecular flexibility index (Phi) is 5.17. The van der Waals surface area contributed by atoms with E-state index in [-0.39, 0.29) is 4.90 Å². The Bertz CT molecular complexity index is 512. The van der Waals surface area contributed by atoms with Crippen molar-refractivity contribution in [1.82, 2.24) is 4.72 Å². The zero-order valence-corrected chi connectivity index (χ0v) is 11.9. The van der Waals surface area contributed by atoms with Gasteiger partial charge in [-0.15, -0.1) is 0 Å². The van der Waals surface area contributed by atoms with Crippen LogP contribution in [-0.2, 0) is 10.0 Å². The average molecular weight is 319 g/mol. The summed E-state index contributed by atoms with van der Waals surface area (Å²) in [6.45, 7) is 2.28. The average Bonchev–Trinajstić information content (AvgIpc) is 2.28. The van der Waals surface area contributed by atoms with Gasteiger partial charge in [-0.2, -0.15) is 0 Å². The van der Waals surface area contributed by atoms with Gasteiger partial charge < -0.3 is 5.73 Å². The second kappa shape index (κ2) is 6.18. The summed E-state index contributed by atoms with van der Waals surface area (Å²) in [6.07, 6.45) is 4.46. The molecule has 0 spiro atoms. The van der Waals surface area contributed by atoms with E-state index in [2.05, 4.69) is 20.7 Å². The van der Waals surface area contributed by atoms with Crippen LogP contribution in [0.4, 0.5) is 5.69 Å². The molecule has 0 aliphatic carbocycles. The van der Waals surface area contributed by atoms with E-state index in [1.807, 2.05) is 19.1 Å². The number of sulfonamides is 1. The number of nitrogens with one attached hydrogen (secondary N) is 1. The molecule has 0 heterocycles. The van der Waals surface area contributed by atoms with Gasteiger partial charge in [0.05, 0.1) is 4.90 Å². The third kappa shape index (κ3) is 4.14. The summed E-state index contributed by atoms with van der Waals surface area (Å²) in [5.41, 5.74) is 6.11. The lowest BCUT2D eigenvalue weighted by molar-refractivity contribution is 0.582. The molecule has 0 aromatic heterocycles. The van der Waals surface area contributed by atoms with Crippen molar-refractivity contribution in [3.63, 3.8) is 0 Å². The molecule has 4 nitrogen and oxygen atoms in total. The van der Waals surface area contributed by atoms with E-state index in [1.54, 1.807) is 6.07 Å². The molecule has 0 amide bonds. The number of allylic oxidation sites excluding steroid dienone is 1. The van der Waals surface area contributed by atoms with Crippen molar-refractivity contribution < 1.29 is 8.42 Å². The van der Waals surface area contributed by atoms with E-state index in [1.165, 1.54) is 12.1 Å². The van der Waals surface area contributed by atoms with Crippen LogP contribution >= 0.6 is 15.9 Å². The van der Waals surface area contributed by atoms with Crippen molar-refractivity contribution in [2.24, 2.45) is 0 Å². The van der Waals surface area contributed by atoms with E-state index in [0.717, 1.165) is 0 Å². The Balaban J connectivity index is 2.79. The third-order valence-corrected chi connectivity index (χ3v) is 4.27. The Labute approximate surface area is 110 Å². The molecule has 0 bridgehead atoms. The molecule has 0 saturated carbocycles. The van der Waals surface area contributed by atoms with Crippen molar-refractivity contribution in [3.05, 3.63) is 34.8 Å². The number of hydrogen-bond donors (Lipinski definition) is 2. The van der Waals surface area contributed by atoms with E-state index >= 15 is 0 Å². The smallest absolute Gasteiger partial charge is 0.240 e. The zero-order chi connectivity index (χ0) is 12.9. The molecule has 0 radical (unpaired) electrons. The molecule has 0 aliphatic heterocycles. The SMILES string of the molecule is C/C=C/CCNS(=O)(=O)c1ccc(N)c(Br)c1. The molecule has 17 heavy (non-hydrogen) atoms. The highest BCUT2D eigenvalue weighted by molar-refractivity contribution is 9.10. The van der Waals surface area contributed by atoms with E-state index in [4.69, 9.17) is 5.73 Å². The molecule has 1 aromatic rings. The Hall–Kier alpha value is -0.850. The lowest BCUT2D eigenvalue weighted by Gasteiger charge is -2.07. The number of nitrogens with two attached hydrogens (primary N) is 1. The van der Waals surface area contributed by atoms with Gasteiger partial charge in [-0.25, -0.2) is 13.1 Å². The highest BCUT2D eigenvalue weighted by Gasteiger charge is 2.13. The lowest BCUT2D eigenvalue weighted by Crippen LogP contribution is -2.24.